The first-order valence-corrected chi connectivity index (χ1v) is 17.2. The molecule has 0 aliphatic carbocycles. The van der Waals surface area contributed by atoms with Crippen LogP contribution in [0.3, 0.4) is 0 Å². The van der Waals surface area contributed by atoms with Crippen molar-refractivity contribution in [2.75, 3.05) is 0 Å². The minimum atomic E-state index is -1.68. The molecule has 0 bridgehead atoms. The molecule has 122 valence electrons. The van der Waals surface area contributed by atoms with Crippen molar-refractivity contribution in [2.45, 2.75) is 13.1 Å². The van der Waals surface area contributed by atoms with Gasteiger partial charge < -0.3 is 0 Å². The Morgan fingerprint density at radius 1 is 0.708 bits per heavy atom. The van der Waals surface area contributed by atoms with Crippen molar-refractivity contribution in [1.82, 2.24) is 0 Å². The summed E-state index contributed by atoms with van der Waals surface area (Å²) in [4.78, 5) is 0. The summed E-state index contributed by atoms with van der Waals surface area (Å²) >= 11 is -0.826. The van der Waals surface area contributed by atoms with Gasteiger partial charge in [0.05, 0.1) is 0 Å². The van der Waals surface area contributed by atoms with Crippen LogP contribution in [0.2, 0.25) is 13.1 Å². The van der Waals surface area contributed by atoms with Crippen molar-refractivity contribution in [3.05, 3.63) is 72.8 Å². The second-order valence-corrected chi connectivity index (χ2v) is 14.4. The Morgan fingerprint density at radius 2 is 1.08 bits per heavy atom. The van der Waals surface area contributed by atoms with Crippen LogP contribution in [-0.4, -0.2) is 8.07 Å². The van der Waals surface area contributed by atoms with Gasteiger partial charge in [-0.3, -0.25) is 0 Å². The topological polar surface area (TPSA) is 0 Å². The summed E-state index contributed by atoms with van der Waals surface area (Å²) in [6.07, 6.45) is 0. The van der Waals surface area contributed by atoms with E-state index in [-0.39, 0.29) is 0 Å². The molecule has 0 saturated heterocycles. The minimum absolute atomic E-state index is 0.826. The quantitative estimate of drug-likeness (QED) is 0.275. The SMILES string of the molecule is C[Si](C)([c-]1ccc2ccccc21)[c-]1ccc2ccccc21.[Cl][Zr][Cl]. The molecule has 0 heterocycles. The zero-order chi connectivity index (χ0) is 17.2. The number of rotatable bonds is 2. The number of hydrogen-bond acceptors (Lipinski definition) is 0. The van der Waals surface area contributed by atoms with Gasteiger partial charge in [0.25, 0.3) is 0 Å². The average molecular weight is 449 g/mol. The maximum atomic E-state index is 4.93. The van der Waals surface area contributed by atoms with Crippen molar-refractivity contribution >= 4 is 57.0 Å². The van der Waals surface area contributed by atoms with E-state index in [1.807, 2.05) is 0 Å². The van der Waals surface area contributed by atoms with Crippen molar-refractivity contribution in [3.8, 4) is 0 Å². The van der Waals surface area contributed by atoms with Crippen LogP contribution >= 0.6 is 17.0 Å². The predicted molar refractivity (Wildman–Crippen MR) is 108 cm³/mol. The summed E-state index contributed by atoms with van der Waals surface area (Å²) in [5.74, 6) is 0. The molecule has 4 rings (SSSR count). The molecule has 4 heteroatoms. The van der Waals surface area contributed by atoms with Gasteiger partial charge in [0.2, 0.25) is 0 Å². The summed E-state index contributed by atoms with van der Waals surface area (Å²) in [6, 6.07) is 26.7. The summed E-state index contributed by atoms with van der Waals surface area (Å²) < 4.78 is 0. The van der Waals surface area contributed by atoms with E-state index < -0.39 is 28.9 Å². The second kappa shape index (κ2) is 7.70. The molecule has 0 nitrogen and oxygen atoms in total. The fourth-order valence-electron chi connectivity index (χ4n) is 3.54. The van der Waals surface area contributed by atoms with Crippen LogP contribution in [-0.2, 0) is 20.8 Å². The molecule has 0 aromatic heterocycles. The molecule has 0 saturated carbocycles. The molecular formula is C20H18Cl2SiZr-2. The van der Waals surface area contributed by atoms with Crippen LogP contribution in [0.25, 0.3) is 21.5 Å². The van der Waals surface area contributed by atoms with E-state index in [1.165, 1.54) is 21.5 Å². The summed E-state index contributed by atoms with van der Waals surface area (Å²) in [5, 5.41) is 8.69. The molecule has 0 unspecified atom stereocenters. The Hall–Kier alpha value is -0.660. The fourth-order valence-corrected chi connectivity index (χ4v) is 6.63. The molecule has 0 amide bonds. The third kappa shape index (κ3) is 3.35. The van der Waals surface area contributed by atoms with Crippen LogP contribution in [0.15, 0.2) is 72.8 Å². The van der Waals surface area contributed by atoms with Gasteiger partial charge in [0.15, 0.2) is 0 Å². The number of fused-ring (bicyclic) bond motifs is 2. The third-order valence-corrected chi connectivity index (χ3v) is 8.27. The van der Waals surface area contributed by atoms with Gasteiger partial charge in [-0.1, -0.05) is 25.2 Å². The van der Waals surface area contributed by atoms with Crippen LogP contribution in [0.5, 0.6) is 0 Å². The van der Waals surface area contributed by atoms with E-state index in [1.54, 1.807) is 10.4 Å². The van der Waals surface area contributed by atoms with E-state index >= 15 is 0 Å². The molecular weight excluding hydrogens is 430 g/mol. The van der Waals surface area contributed by atoms with E-state index in [0.29, 0.717) is 0 Å². The average Bonchev–Trinajstić information content (AvgIpc) is 3.20. The van der Waals surface area contributed by atoms with E-state index in [4.69, 9.17) is 17.0 Å². The molecule has 0 fully saturated rings. The van der Waals surface area contributed by atoms with Gasteiger partial charge in [0, 0.05) is 8.07 Å². The molecule has 0 aliphatic heterocycles. The molecule has 4 aromatic rings. The van der Waals surface area contributed by atoms with Crippen LogP contribution in [0.4, 0.5) is 0 Å². The van der Waals surface area contributed by atoms with E-state index in [2.05, 4.69) is 85.9 Å². The monoisotopic (exact) mass is 446 g/mol. The Morgan fingerprint density at radius 3 is 1.50 bits per heavy atom. The van der Waals surface area contributed by atoms with E-state index in [0.717, 1.165) is 0 Å². The molecule has 4 aromatic carbocycles. The Bertz CT molecular complexity index is 876. The summed E-state index contributed by atoms with van der Waals surface area (Å²) in [6.45, 7) is 4.94. The second-order valence-electron chi connectivity index (χ2n) is 6.36. The van der Waals surface area contributed by atoms with Crippen molar-refractivity contribution < 1.29 is 20.8 Å². The number of hydrogen-bond donors (Lipinski definition) is 0. The first-order chi connectivity index (χ1) is 11.6. The molecule has 0 atom stereocenters. The zero-order valence-corrected chi connectivity index (χ0v) is 18.7. The van der Waals surface area contributed by atoms with Crippen LogP contribution in [0, 0.1) is 0 Å². The maximum absolute atomic E-state index is 4.93. The predicted octanol–water partition coefficient (Wildman–Crippen LogP) is 5.63. The van der Waals surface area contributed by atoms with Gasteiger partial charge in [0.1, 0.15) is 0 Å². The third-order valence-electron chi connectivity index (χ3n) is 4.71. The van der Waals surface area contributed by atoms with Gasteiger partial charge in [-0.15, -0.1) is 68.3 Å². The molecule has 0 N–H and O–H groups in total. The molecule has 0 aliphatic rings. The Balaban J connectivity index is 0.000000526. The molecule has 24 heavy (non-hydrogen) atoms. The Kier molecular flexibility index (Phi) is 5.82. The molecule has 0 radical (unpaired) electrons. The van der Waals surface area contributed by atoms with Crippen molar-refractivity contribution in [2.24, 2.45) is 0 Å². The first kappa shape index (κ1) is 18.1. The molecule has 0 spiro atoms. The van der Waals surface area contributed by atoms with Gasteiger partial charge in [-0.2, -0.15) is 24.3 Å². The van der Waals surface area contributed by atoms with Crippen molar-refractivity contribution in [1.29, 1.82) is 0 Å². The Labute approximate surface area is 162 Å². The van der Waals surface area contributed by atoms with Crippen LogP contribution < -0.4 is 10.4 Å². The van der Waals surface area contributed by atoms with Gasteiger partial charge in [-0.05, 0) is 0 Å². The number of benzene rings is 2. The van der Waals surface area contributed by atoms with Gasteiger partial charge in [-0.25, -0.2) is 0 Å². The standard InChI is InChI=1S/C20H18Si.2ClH.Zr/c1-21(2,19-13-11-15-7-3-5-9-17(15)19)20-14-12-16-8-4-6-10-18(16)20;;;/h3-14H,1-2H3;2*1H;/q-2;;;+2/p-2. The first-order valence-electron chi connectivity index (χ1n) is 7.85. The summed E-state index contributed by atoms with van der Waals surface area (Å²) in [5.41, 5.74) is 0. The van der Waals surface area contributed by atoms with Crippen molar-refractivity contribution in [3.63, 3.8) is 0 Å². The summed E-state index contributed by atoms with van der Waals surface area (Å²) in [7, 11) is 8.19. The fraction of sp³-hybridized carbons (Fsp3) is 0.100. The normalized spacial score (nSPS) is 11.3. The van der Waals surface area contributed by atoms with E-state index in [9.17, 15) is 0 Å². The van der Waals surface area contributed by atoms with Crippen LogP contribution in [0.1, 0.15) is 0 Å². The zero-order valence-electron chi connectivity index (χ0n) is 13.7. The number of halogens is 2. The van der Waals surface area contributed by atoms with Gasteiger partial charge >= 0.3 is 37.9 Å².